The van der Waals surface area contributed by atoms with Gasteiger partial charge in [0.1, 0.15) is 17.0 Å². The molecule has 8 nitrogen and oxygen atoms in total. The molecule has 0 unspecified atom stereocenters. The topological polar surface area (TPSA) is 113 Å². The second-order valence-electron chi connectivity index (χ2n) is 5.41. The van der Waals surface area contributed by atoms with Gasteiger partial charge in [-0.25, -0.2) is 0 Å². The Kier molecular flexibility index (Phi) is 4.82. The normalized spacial score (nSPS) is 23.2. The highest BCUT2D eigenvalue weighted by Crippen LogP contribution is 2.36. The fourth-order valence-electron chi connectivity index (χ4n) is 2.42. The van der Waals surface area contributed by atoms with E-state index in [1.807, 2.05) is 19.1 Å². The van der Waals surface area contributed by atoms with E-state index in [4.69, 9.17) is 0 Å². The van der Waals surface area contributed by atoms with Crippen LogP contribution in [0.25, 0.3) is 0 Å². The average molecular weight is 379 g/mol. The van der Waals surface area contributed by atoms with Crippen molar-refractivity contribution in [3.8, 4) is 0 Å². The summed E-state index contributed by atoms with van der Waals surface area (Å²) in [5.41, 5.74) is 1.44. The molecule has 2 fully saturated rings. The minimum atomic E-state index is -1.00. The summed E-state index contributed by atoms with van der Waals surface area (Å²) in [6.07, 6.45) is 0. The van der Waals surface area contributed by atoms with Crippen molar-refractivity contribution in [1.29, 1.82) is 0 Å². The monoisotopic (exact) mass is 379 g/mol. The Balaban J connectivity index is 1.67. The van der Waals surface area contributed by atoms with Crippen molar-refractivity contribution in [3.63, 3.8) is 0 Å². The van der Waals surface area contributed by atoms with Gasteiger partial charge in [-0.05, 0) is 42.1 Å². The molecule has 2 saturated heterocycles. The molecular weight excluding hydrogens is 366 g/mol. The number of imide groups is 2. The highest BCUT2D eigenvalue weighted by atomic mass is 32.2. The van der Waals surface area contributed by atoms with Crippen molar-refractivity contribution in [1.82, 2.24) is 10.2 Å². The lowest BCUT2D eigenvalue weighted by Crippen LogP contribution is -2.42. The van der Waals surface area contributed by atoms with Gasteiger partial charge >= 0.3 is 0 Å². The largest absolute Gasteiger partial charge is 0.324 e. The first kappa shape index (κ1) is 17.5. The summed E-state index contributed by atoms with van der Waals surface area (Å²) >= 11 is 1.34. The van der Waals surface area contributed by atoms with E-state index in [0.29, 0.717) is 29.2 Å². The zero-order chi connectivity index (χ0) is 18.1. The first-order chi connectivity index (χ1) is 11.9. The molecule has 2 heterocycles. The average Bonchev–Trinajstić information content (AvgIpc) is 3.02. The van der Waals surface area contributed by atoms with Crippen LogP contribution in [-0.2, 0) is 14.4 Å². The first-order valence-electron chi connectivity index (χ1n) is 7.26. The van der Waals surface area contributed by atoms with E-state index in [1.165, 1.54) is 0 Å². The Morgan fingerprint density at radius 2 is 1.88 bits per heavy atom. The highest BCUT2D eigenvalue weighted by molar-refractivity contribution is 8.19. The number of hydrogen-bond acceptors (Lipinski definition) is 7. The molecule has 3 rings (SSSR count). The summed E-state index contributed by atoms with van der Waals surface area (Å²) in [7, 11) is 0. The van der Waals surface area contributed by atoms with Gasteiger partial charge in [-0.15, -0.1) is 0 Å². The van der Waals surface area contributed by atoms with Gasteiger partial charge < -0.3 is 5.32 Å². The number of amides is 5. The number of carbonyl (C=O) groups is 5. The van der Waals surface area contributed by atoms with Crippen LogP contribution >= 0.6 is 23.5 Å². The molecule has 2 atom stereocenters. The molecule has 0 radical (unpaired) electrons. The zero-order valence-corrected chi connectivity index (χ0v) is 14.6. The van der Waals surface area contributed by atoms with Crippen LogP contribution in [-0.4, -0.2) is 50.1 Å². The predicted molar refractivity (Wildman–Crippen MR) is 93.2 cm³/mol. The van der Waals surface area contributed by atoms with Crippen LogP contribution in [0.15, 0.2) is 24.3 Å². The van der Waals surface area contributed by atoms with Crippen LogP contribution in [0, 0.1) is 6.92 Å². The number of aryl methyl sites for hydroxylation is 1. The molecule has 0 aliphatic carbocycles. The number of anilines is 1. The minimum absolute atomic E-state index is 0.442. The number of thioether (sulfide) groups is 2. The van der Waals surface area contributed by atoms with E-state index in [0.717, 1.165) is 10.5 Å². The van der Waals surface area contributed by atoms with E-state index in [2.05, 4.69) is 10.6 Å². The molecule has 0 bridgehead atoms. The van der Waals surface area contributed by atoms with Crippen LogP contribution < -0.4 is 10.6 Å². The van der Waals surface area contributed by atoms with Crippen molar-refractivity contribution in [2.75, 3.05) is 11.9 Å². The van der Waals surface area contributed by atoms with Gasteiger partial charge in [-0.1, -0.05) is 18.2 Å². The zero-order valence-electron chi connectivity index (χ0n) is 13.0. The maximum Gasteiger partial charge on any atom is 0.289 e. The van der Waals surface area contributed by atoms with Crippen molar-refractivity contribution in [3.05, 3.63) is 29.8 Å². The molecule has 1 aromatic carbocycles. The molecule has 25 heavy (non-hydrogen) atoms. The number of benzene rings is 1. The fraction of sp³-hybridized carbons (Fsp3) is 0.267. The third kappa shape index (κ3) is 3.54. The van der Waals surface area contributed by atoms with E-state index < -0.39 is 45.2 Å². The molecular formula is C15H13N3O5S2. The Bertz CT molecular complexity index is 797. The second-order valence-corrected chi connectivity index (χ2v) is 7.61. The number of para-hydroxylation sites is 1. The molecule has 5 amide bonds. The van der Waals surface area contributed by atoms with E-state index in [1.54, 1.807) is 12.1 Å². The van der Waals surface area contributed by atoms with Gasteiger partial charge in [0.25, 0.3) is 10.5 Å². The Morgan fingerprint density at radius 3 is 2.52 bits per heavy atom. The molecule has 0 saturated carbocycles. The number of rotatable bonds is 4. The number of hydrogen-bond donors (Lipinski definition) is 2. The lowest BCUT2D eigenvalue weighted by Gasteiger charge is -2.15. The summed E-state index contributed by atoms with van der Waals surface area (Å²) in [6.45, 7) is 1.38. The summed E-state index contributed by atoms with van der Waals surface area (Å²) < 4.78 is 0. The quantitative estimate of drug-likeness (QED) is 0.812. The second kappa shape index (κ2) is 6.89. The van der Waals surface area contributed by atoms with E-state index in [9.17, 15) is 24.0 Å². The van der Waals surface area contributed by atoms with Gasteiger partial charge in [-0.2, -0.15) is 0 Å². The number of carbonyl (C=O) groups excluding carboxylic acids is 5. The third-order valence-electron chi connectivity index (χ3n) is 3.67. The number of nitrogens with one attached hydrogen (secondary N) is 2. The van der Waals surface area contributed by atoms with Gasteiger partial charge in [0.05, 0.1) is 0 Å². The molecule has 0 aromatic heterocycles. The van der Waals surface area contributed by atoms with Crippen LogP contribution in [0.2, 0.25) is 0 Å². The summed E-state index contributed by atoms with van der Waals surface area (Å²) in [6, 6.07) is 7.11. The SMILES string of the molecule is Cc1ccccc1NC(=O)CN1C(=O)S[C@H]([C@@H]2SC(=O)NC2=O)C1=O. The molecule has 2 aliphatic heterocycles. The Morgan fingerprint density at radius 1 is 1.16 bits per heavy atom. The highest BCUT2D eigenvalue weighted by Gasteiger charge is 2.50. The van der Waals surface area contributed by atoms with Crippen molar-refractivity contribution >= 4 is 57.4 Å². The summed E-state index contributed by atoms with van der Waals surface area (Å²) in [4.78, 5) is 60.4. The molecule has 2 aliphatic rings. The lowest BCUT2D eigenvalue weighted by molar-refractivity contribution is -0.131. The van der Waals surface area contributed by atoms with Crippen molar-refractivity contribution in [2.45, 2.75) is 17.4 Å². The van der Waals surface area contributed by atoms with Gasteiger partial charge in [0, 0.05) is 5.69 Å². The van der Waals surface area contributed by atoms with Gasteiger partial charge in [0.15, 0.2) is 0 Å². The molecule has 1 aromatic rings. The van der Waals surface area contributed by atoms with Gasteiger partial charge in [-0.3, -0.25) is 34.2 Å². The maximum absolute atomic E-state index is 12.4. The van der Waals surface area contributed by atoms with E-state index in [-0.39, 0.29) is 0 Å². The first-order valence-corrected chi connectivity index (χ1v) is 9.01. The van der Waals surface area contributed by atoms with E-state index >= 15 is 0 Å². The fourth-order valence-corrected chi connectivity index (χ4v) is 4.52. The smallest absolute Gasteiger partial charge is 0.289 e. The van der Waals surface area contributed by atoms with Crippen LogP contribution in [0.3, 0.4) is 0 Å². The maximum atomic E-state index is 12.4. The van der Waals surface area contributed by atoms with Crippen molar-refractivity contribution in [2.24, 2.45) is 0 Å². The summed E-state index contributed by atoms with van der Waals surface area (Å²) in [5.74, 6) is -1.76. The molecule has 2 N–H and O–H groups in total. The molecule has 0 spiro atoms. The standard InChI is InChI=1S/C15H13N3O5S2/c1-7-4-2-3-5-8(7)16-9(19)6-18-13(21)11(25-15(18)23)10-12(20)17-14(22)24-10/h2-5,10-11H,6H2,1H3,(H,16,19)(H,17,20,22)/t10-,11+/m0/s1. The minimum Gasteiger partial charge on any atom is -0.324 e. The third-order valence-corrected chi connectivity index (χ3v) is 6.05. The summed E-state index contributed by atoms with van der Waals surface area (Å²) in [5, 5.41) is 1.61. The van der Waals surface area contributed by atoms with Crippen LogP contribution in [0.1, 0.15) is 5.56 Å². The Hall–Kier alpha value is -2.33. The van der Waals surface area contributed by atoms with Crippen LogP contribution in [0.4, 0.5) is 15.3 Å². The molecule has 130 valence electrons. The Labute approximate surface area is 151 Å². The predicted octanol–water partition coefficient (Wildman–Crippen LogP) is 1.35. The van der Waals surface area contributed by atoms with Crippen molar-refractivity contribution < 1.29 is 24.0 Å². The molecule has 10 heteroatoms. The van der Waals surface area contributed by atoms with Crippen LogP contribution in [0.5, 0.6) is 0 Å². The number of nitrogens with zero attached hydrogens (tertiary/aromatic N) is 1. The lowest BCUT2D eigenvalue weighted by atomic mass is 10.2. The van der Waals surface area contributed by atoms with Gasteiger partial charge in [0.2, 0.25) is 17.7 Å².